The third-order valence-corrected chi connectivity index (χ3v) is 1.48. The minimum Gasteiger partial charge on any atom is -0.396 e. The minimum atomic E-state index is -1.50. The molecule has 0 aromatic rings. The third-order valence-electron chi connectivity index (χ3n) is 1.48. The Morgan fingerprint density at radius 1 is 1.46 bits per heavy atom. The van der Waals surface area contributed by atoms with Crippen molar-refractivity contribution in [1.82, 2.24) is 0 Å². The summed E-state index contributed by atoms with van der Waals surface area (Å²) >= 11 is 0. The topological polar surface area (TPSA) is 69.9 Å². The summed E-state index contributed by atoms with van der Waals surface area (Å²) in [5, 5.41) is 24.6. The molecule has 13 heavy (non-hydrogen) atoms. The van der Waals surface area contributed by atoms with Crippen LogP contribution in [0.1, 0.15) is 34.5 Å². The van der Waals surface area contributed by atoms with Crippen molar-refractivity contribution in [1.29, 1.82) is 0 Å². The van der Waals surface area contributed by atoms with Crippen molar-refractivity contribution in [3.05, 3.63) is 0 Å². The molecule has 1 fully saturated rings. The molecule has 0 radical (unpaired) electrons. The van der Waals surface area contributed by atoms with Gasteiger partial charge in [0, 0.05) is 14.6 Å². The predicted molar refractivity (Wildman–Crippen MR) is 51.3 cm³/mol. The Hall–Kier alpha value is -0.160. The fraction of sp³-hybridized carbons (Fsp3) is 1.00. The molecular weight excluding hydrogens is 172 g/mol. The second-order valence-electron chi connectivity index (χ2n) is 3.64. The maximum absolute atomic E-state index is 8.45. The summed E-state index contributed by atoms with van der Waals surface area (Å²) in [5.41, 5.74) is 0. The zero-order valence-corrected chi connectivity index (χ0v) is 8.36. The van der Waals surface area contributed by atoms with E-state index in [1.54, 1.807) is 0 Å². The summed E-state index contributed by atoms with van der Waals surface area (Å²) in [7, 11) is 0. The molecule has 0 saturated carbocycles. The van der Waals surface area contributed by atoms with Gasteiger partial charge in [-0.25, -0.2) is 0 Å². The summed E-state index contributed by atoms with van der Waals surface area (Å²) in [4.78, 5) is 0. The lowest BCUT2D eigenvalue weighted by Crippen LogP contribution is -2.15. The normalized spacial score (nSPS) is 22.4. The van der Waals surface area contributed by atoms with Crippen LogP contribution in [0.4, 0.5) is 0 Å². The molecule has 0 aliphatic carbocycles. The predicted octanol–water partition coefficient (Wildman–Crippen LogP) is 0.501. The molecule has 0 aromatic heterocycles. The molecular formula is C9H22O4. The van der Waals surface area contributed by atoms with Crippen molar-refractivity contribution in [3.8, 4) is 0 Å². The lowest BCUT2D eigenvalue weighted by atomic mass is 10.2. The van der Waals surface area contributed by atoms with Gasteiger partial charge in [0.1, 0.15) is 0 Å². The Bertz CT molecular complexity index is 112. The minimum absolute atomic E-state index is 0. The molecule has 0 bridgehead atoms. The zero-order chi connectivity index (χ0) is 10.3. The van der Waals surface area contributed by atoms with Crippen LogP contribution in [0.3, 0.4) is 0 Å². The van der Waals surface area contributed by atoms with Crippen molar-refractivity contribution in [3.63, 3.8) is 0 Å². The van der Waals surface area contributed by atoms with Crippen LogP contribution in [0.5, 0.6) is 0 Å². The highest BCUT2D eigenvalue weighted by atomic mass is 16.5. The first-order chi connectivity index (χ1) is 5.93. The highest BCUT2D eigenvalue weighted by Gasteiger charge is 2.13. The molecule has 4 heteroatoms. The summed E-state index contributed by atoms with van der Waals surface area (Å²) in [5.74, 6) is -1.50. The second kappa shape index (κ2) is 6.32. The van der Waals surface area contributed by atoms with Gasteiger partial charge >= 0.3 is 0 Å². The number of rotatable bonds is 2. The van der Waals surface area contributed by atoms with Crippen LogP contribution in [-0.2, 0) is 4.74 Å². The van der Waals surface area contributed by atoms with Crippen LogP contribution in [0, 0.1) is 0 Å². The molecule has 1 rings (SSSR count). The van der Waals surface area contributed by atoms with Gasteiger partial charge in [0.15, 0.2) is 5.79 Å². The molecule has 3 N–H and O–H groups in total. The molecule has 1 saturated heterocycles. The highest BCUT2D eigenvalue weighted by Crippen LogP contribution is 2.13. The molecule has 0 aromatic carbocycles. The van der Waals surface area contributed by atoms with Gasteiger partial charge in [0.2, 0.25) is 0 Å². The van der Waals surface area contributed by atoms with Gasteiger partial charge in [-0.3, -0.25) is 0 Å². The van der Waals surface area contributed by atoms with E-state index in [1.165, 1.54) is 20.3 Å². The second-order valence-corrected chi connectivity index (χ2v) is 3.64. The first-order valence-electron chi connectivity index (χ1n) is 4.60. The molecule has 1 aliphatic heterocycles. The van der Waals surface area contributed by atoms with E-state index in [0.717, 1.165) is 19.4 Å². The molecule has 1 atom stereocenters. The Morgan fingerprint density at radius 2 is 2.00 bits per heavy atom. The van der Waals surface area contributed by atoms with Gasteiger partial charge in [0.05, 0.1) is 6.10 Å². The SMILES string of the molecule is CC(C)(O)O.OCCC1CCCO1.[HH]. The van der Waals surface area contributed by atoms with Crippen LogP contribution in [0.25, 0.3) is 0 Å². The first-order valence-corrected chi connectivity index (χ1v) is 4.60. The van der Waals surface area contributed by atoms with Crippen LogP contribution in [0.2, 0.25) is 0 Å². The van der Waals surface area contributed by atoms with E-state index in [0.29, 0.717) is 6.10 Å². The maximum Gasteiger partial charge on any atom is 0.156 e. The number of aliphatic hydroxyl groups excluding tert-OH is 1. The standard InChI is InChI=1S/C6H12O2.C3H8O2.H2/c7-4-3-6-2-1-5-8-6;1-3(2,4)5;/h6-7H,1-5H2;4-5H,1-2H3;1H. The number of hydrogen-bond acceptors (Lipinski definition) is 4. The first kappa shape index (κ1) is 12.8. The quantitative estimate of drug-likeness (QED) is 0.560. The fourth-order valence-electron chi connectivity index (χ4n) is 1.02. The lowest BCUT2D eigenvalue weighted by molar-refractivity contribution is -0.127. The van der Waals surface area contributed by atoms with E-state index < -0.39 is 5.79 Å². The third kappa shape index (κ3) is 11.8. The molecule has 0 spiro atoms. The summed E-state index contributed by atoms with van der Waals surface area (Å²) in [6, 6.07) is 0. The summed E-state index contributed by atoms with van der Waals surface area (Å²) in [6.45, 7) is 3.76. The maximum atomic E-state index is 8.45. The van der Waals surface area contributed by atoms with Crippen molar-refractivity contribution in [2.75, 3.05) is 13.2 Å². The number of aliphatic hydroxyl groups is 3. The number of hydrogen-bond donors (Lipinski definition) is 3. The van der Waals surface area contributed by atoms with Crippen LogP contribution >= 0.6 is 0 Å². The molecule has 1 unspecified atom stereocenters. The van der Waals surface area contributed by atoms with E-state index >= 15 is 0 Å². The Labute approximate surface area is 80.6 Å². The molecule has 82 valence electrons. The van der Waals surface area contributed by atoms with Gasteiger partial charge in [-0.1, -0.05) is 0 Å². The lowest BCUT2D eigenvalue weighted by Gasteiger charge is -2.03. The van der Waals surface area contributed by atoms with Crippen LogP contribution in [-0.4, -0.2) is 40.4 Å². The molecule has 1 aliphatic rings. The van der Waals surface area contributed by atoms with Gasteiger partial charge in [-0.15, -0.1) is 0 Å². The van der Waals surface area contributed by atoms with Crippen molar-refractivity contribution in [2.45, 2.75) is 45.0 Å². The zero-order valence-electron chi connectivity index (χ0n) is 8.36. The van der Waals surface area contributed by atoms with Gasteiger partial charge in [-0.05, 0) is 33.1 Å². The Balaban J connectivity index is 0. The monoisotopic (exact) mass is 194 g/mol. The van der Waals surface area contributed by atoms with Gasteiger partial charge in [-0.2, -0.15) is 0 Å². The molecule has 1 heterocycles. The summed E-state index contributed by atoms with van der Waals surface area (Å²) < 4.78 is 5.23. The fourth-order valence-corrected chi connectivity index (χ4v) is 1.02. The smallest absolute Gasteiger partial charge is 0.156 e. The Kier molecular flexibility index (Phi) is 6.24. The highest BCUT2D eigenvalue weighted by molar-refractivity contribution is 4.63. The van der Waals surface area contributed by atoms with Crippen molar-refractivity contribution < 1.29 is 21.5 Å². The van der Waals surface area contributed by atoms with E-state index in [9.17, 15) is 0 Å². The average Bonchev–Trinajstić information content (AvgIpc) is 2.36. The van der Waals surface area contributed by atoms with Crippen LogP contribution in [0.15, 0.2) is 0 Å². The summed E-state index contributed by atoms with van der Waals surface area (Å²) in [6.07, 6.45) is 3.49. The van der Waals surface area contributed by atoms with Crippen molar-refractivity contribution >= 4 is 0 Å². The number of ether oxygens (including phenoxy) is 1. The van der Waals surface area contributed by atoms with Gasteiger partial charge < -0.3 is 20.1 Å². The van der Waals surface area contributed by atoms with E-state index in [1.807, 2.05) is 0 Å². The Morgan fingerprint density at radius 3 is 2.31 bits per heavy atom. The van der Waals surface area contributed by atoms with Crippen molar-refractivity contribution in [2.24, 2.45) is 0 Å². The van der Waals surface area contributed by atoms with Gasteiger partial charge in [0.25, 0.3) is 0 Å². The average molecular weight is 194 g/mol. The van der Waals surface area contributed by atoms with E-state index in [4.69, 9.17) is 20.1 Å². The largest absolute Gasteiger partial charge is 0.396 e. The molecule has 4 nitrogen and oxygen atoms in total. The molecule has 0 amide bonds. The van der Waals surface area contributed by atoms with E-state index in [-0.39, 0.29) is 8.03 Å². The van der Waals surface area contributed by atoms with E-state index in [2.05, 4.69) is 0 Å². The van der Waals surface area contributed by atoms with Crippen LogP contribution < -0.4 is 0 Å².